The Morgan fingerprint density at radius 2 is 2.28 bits per heavy atom. The fourth-order valence-corrected chi connectivity index (χ4v) is 4.15. The molecule has 0 N–H and O–H groups in total. The highest BCUT2D eigenvalue weighted by Crippen LogP contribution is 2.37. The summed E-state index contributed by atoms with van der Waals surface area (Å²) in [5.74, 6) is -0.107. The summed E-state index contributed by atoms with van der Waals surface area (Å²) in [5, 5.41) is 7.05. The van der Waals surface area contributed by atoms with E-state index >= 15 is 0 Å². The quantitative estimate of drug-likeness (QED) is 0.815. The molecule has 2 aromatic rings. The molecule has 0 saturated carbocycles. The summed E-state index contributed by atoms with van der Waals surface area (Å²) in [6.45, 7) is 3.03. The molecule has 0 aliphatic carbocycles. The fourth-order valence-electron chi connectivity index (χ4n) is 3.48. The molecule has 1 fully saturated rings. The summed E-state index contributed by atoms with van der Waals surface area (Å²) in [5.41, 5.74) is 0.915. The van der Waals surface area contributed by atoms with E-state index in [-0.39, 0.29) is 23.8 Å². The first kappa shape index (κ1) is 17.6. The van der Waals surface area contributed by atoms with Crippen LogP contribution in [0.1, 0.15) is 36.4 Å². The lowest BCUT2D eigenvalue weighted by Gasteiger charge is -2.40. The fraction of sp³-hybridized carbons (Fsp3) is 0.529. The van der Waals surface area contributed by atoms with E-state index in [2.05, 4.69) is 10.1 Å². The van der Waals surface area contributed by atoms with Gasteiger partial charge in [0, 0.05) is 50.4 Å². The molecule has 3 heterocycles. The third-order valence-corrected chi connectivity index (χ3v) is 5.43. The van der Waals surface area contributed by atoms with Crippen molar-refractivity contribution >= 4 is 23.2 Å². The number of aromatic nitrogens is 3. The minimum absolute atomic E-state index is 0.0509. The standard InChI is InChI=1S/C17H23N5O2S/c1-4-22-15(23)6-5-13(16(22)12-9-19-21(3)10-12)17(24)20(2)11-14-18-7-8-25-14/h7-10,13,16H,4-6,11H2,1-3H3. The normalized spacial score (nSPS) is 20.8. The van der Waals surface area contributed by atoms with Crippen LogP contribution in [0.5, 0.6) is 0 Å². The maximum atomic E-state index is 13.1. The molecule has 2 unspecified atom stereocenters. The average Bonchev–Trinajstić information content (AvgIpc) is 3.25. The van der Waals surface area contributed by atoms with E-state index in [4.69, 9.17) is 0 Å². The number of amides is 2. The Morgan fingerprint density at radius 1 is 1.48 bits per heavy atom. The van der Waals surface area contributed by atoms with Crippen molar-refractivity contribution in [2.24, 2.45) is 13.0 Å². The van der Waals surface area contributed by atoms with Crippen LogP contribution in [0, 0.1) is 5.92 Å². The van der Waals surface area contributed by atoms with Crippen molar-refractivity contribution in [1.82, 2.24) is 24.6 Å². The van der Waals surface area contributed by atoms with Crippen LogP contribution in [0.25, 0.3) is 0 Å². The third-order valence-electron chi connectivity index (χ3n) is 4.66. The van der Waals surface area contributed by atoms with Gasteiger partial charge in [-0.15, -0.1) is 11.3 Å². The number of rotatable bonds is 5. The van der Waals surface area contributed by atoms with Gasteiger partial charge in [-0.1, -0.05) is 0 Å². The molecule has 2 atom stereocenters. The first-order valence-electron chi connectivity index (χ1n) is 8.42. The van der Waals surface area contributed by atoms with E-state index in [1.54, 1.807) is 33.9 Å². The number of carbonyl (C=O) groups is 2. The molecular formula is C17H23N5O2S. The number of likely N-dealkylation sites (tertiary alicyclic amines) is 1. The summed E-state index contributed by atoms with van der Waals surface area (Å²) >= 11 is 1.54. The zero-order chi connectivity index (χ0) is 18.0. The molecule has 1 saturated heterocycles. The van der Waals surface area contributed by atoms with Crippen molar-refractivity contribution in [2.75, 3.05) is 13.6 Å². The highest BCUT2D eigenvalue weighted by atomic mass is 32.1. The molecule has 1 aliphatic rings. The zero-order valence-electron chi connectivity index (χ0n) is 14.8. The predicted molar refractivity (Wildman–Crippen MR) is 94.6 cm³/mol. The van der Waals surface area contributed by atoms with Crippen molar-refractivity contribution in [2.45, 2.75) is 32.4 Å². The Bertz CT molecular complexity index is 742. The summed E-state index contributed by atoms with van der Waals surface area (Å²) in [6, 6.07) is -0.258. The van der Waals surface area contributed by atoms with E-state index < -0.39 is 0 Å². The first-order valence-corrected chi connectivity index (χ1v) is 9.30. The lowest BCUT2D eigenvalue weighted by Crippen LogP contribution is -2.48. The second-order valence-electron chi connectivity index (χ2n) is 6.34. The number of hydrogen-bond acceptors (Lipinski definition) is 5. The van der Waals surface area contributed by atoms with Gasteiger partial charge in [-0.05, 0) is 13.3 Å². The summed E-state index contributed by atoms with van der Waals surface area (Å²) in [4.78, 5) is 33.3. The van der Waals surface area contributed by atoms with Crippen molar-refractivity contribution < 1.29 is 9.59 Å². The average molecular weight is 361 g/mol. The van der Waals surface area contributed by atoms with Gasteiger partial charge in [0.1, 0.15) is 5.01 Å². The van der Waals surface area contributed by atoms with Crippen LogP contribution in [-0.4, -0.2) is 50.0 Å². The maximum Gasteiger partial charge on any atom is 0.228 e. The molecule has 0 aromatic carbocycles. The molecule has 0 radical (unpaired) electrons. The Kier molecular flexibility index (Phi) is 5.17. The van der Waals surface area contributed by atoms with Crippen LogP contribution in [0.3, 0.4) is 0 Å². The van der Waals surface area contributed by atoms with Crippen LogP contribution in [0.4, 0.5) is 0 Å². The number of piperidine rings is 1. The van der Waals surface area contributed by atoms with Crippen LogP contribution in [0.15, 0.2) is 24.0 Å². The van der Waals surface area contributed by atoms with E-state index in [0.29, 0.717) is 25.9 Å². The maximum absolute atomic E-state index is 13.1. The van der Waals surface area contributed by atoms with E-state index in [1.807, 2.05) is 25.5 Å². The molecule has 0 spiro atoms. The van der Waals surface area contributed by atoms with Gasteiger partial charge in [-0.25, -0.2) is 4.98 Å². The van der Waals surface area contributed by atoms with Gasteiger partial charge >= 0.3 is 0 Å². The molecule has 25 heavy (non-hydrogen) atoms. The number of hydrogen-bond donors (Lipinski definition) is 0. The van der Waals surface area contributed by atoms with Crippen molar-refractivity contribution in [1.29, 1.82) is 0 Å². The van der Waals surface area contributed by atoms with E-state index in [0.717, 1.165) is 10.6 Å². The summed E-state index contributed by atoms with van der Waals surface area (Å²) in [6.07, 6.45) is 6.37. The highest BCUT2D eigenvalue weighted by molar-refractivity contribution is 7.09. The lowest BCUT2D eigenvalue weighted by molar-refractivity contribution is -0.147. The molecular weight excluding hydrogens is 338 g/mol. The van der Waals surface area contributed by atoms with Crippen LogP contribution in [-0.2, 0) is 23.2 Å². The number of thiazole rings is 1. The number of aryl methyl sites for hydroxylation is 1. The van der Waals surface area contributed by atoms with Crippen LogP contribution < -0.4 is 0 Å². The topological polar surface area (TPSA) is 71.3 Å². The Balaban J connectivity index is 1.86. The molecule has 3 rings (SSSR count). The first-order chi connectivity index (χ1) is 12.0. The minimum atomic E-state index is -0.258. The molecule has 1 aliphatic heterocycles. The number of nitrogens with zero attached hydrogens (tertiary/aromatic N) is 5. The molecule has 7 nitrogen and oxygen atoms in total. The van der Waals surface area contributed by atoms with Crippen molar-refractivity contribution in [3.8, 4) is 0 Å². The van der Waals surface area contributed by atoms with Gasteiger partial charge in [-0.3, -0.25) is 14.3 Å². The molecule has 0 bridgehead atoms. The van der Waals surface area contributed by atoms with Crippen LogP contribution in [0.2, 0.25) is 0 Å². The van der Waals surface area contributed by atoms with Gasteiger partial charge in [0.2, 0.25) is 11.8 Å². The molecule has 2 aromatic heterocycles. The van der Waals surface area contributed by atoms with Gasteiger partial charge in [0.15, 0.2) is 0 Å². The zero-order valence-corrected chi connectivity index (χ0v) is 15.6. The summed E-state index contributed by atoms with van der Waals surface area (Å²) in [7, 11) is 3.65. The largest absolute Gasteiger partial charge is 0.339 e. The Hall–Kier alpha value is -2.22. The van der Waals surface area contributed by atoms with Gasteiger partial charge in [0.05, 0.1) is 24.7 Å². The summed E-state index contributed by atoms with van der Waals surface area (Å²) < 4.78 is 1.71. The molecule has 134 valence electrons. The highest BCUT2D eigenvalue weighted by Gasteiger charge is 2.41. The minimum Gasteiger partial charge on any atom is -0.339 e. The second-order valence-corrected chi connectivity index (χ2v) is 7.32. The number of carbonyl (C=O) groups excluding carboxylic acids is 2. The van der Waals surface area contributed by atoms with Crippen molar-refractivity contribution in [3.05, 3.63) is 34.5 Å². The van der Waals surface area contributed by atoms with E-state index in [1.165, 1.54) is 11.3 Å². The Labute approximate surface area is 151 Å². The molecule has 8 heteroatoms. The lowest BCUT2D eigenvalue weighted by atomic mass is 9.84. The van der Waals surface area contributed by atoms with Crippen LogP contribution >= 0.6 is 11.3 Å². The van der Waals surface area contributed by atoms with Gasteiger partial charge in [0.25, 0.3) is 0 Å². The molecule has 2 amide bonds. The second kappa shape index (κ2) is 7.35. The van der Waals surface area contributed by atoms with E-state index in [9.17, 15) is 9.59 Å². The Morgan fingerprint density at radius 3 is 2.88 bits per heavy atom. The smallest absolute Gasteiger partial charge is 0.228 e. The van der Waals surface area contributed by atoms with Gasteiger partial charge < -0.3 is 9.80 Å². The predicted octanol–water partition coefficient (Wildman–Crippen LogP) is 1.83. The SMILES string of the molecule is CCN1C(=O)CCC(C(=O)N(C)Cc2nccs2)C1c1cnn(C)c1. The van der Waals surface area contributed by atoms with Crippen molar-refractivity contribution in [3.63, 3.8) is 0 Å². The van der Waals surface area contributed by atoms with Gasteiger partial charge in [-0.2, -0.15) is 5.10 Å². The third kappa shape index (κ3) is 3.58. The monoisotopic (exact) mass is 361 g/mol.